The zero-order valence-electron chi connectivity index (χ0n) is 18.9. The first-order valence-corrected chi connectivity index (χ1v) is 12.7. The molecule has 0 aromatic heterocycles. The molecule has 1 fully saturated rings. The normalized spacial score (nSPS) is 20.6. The highest BCUT2D eigenvalue weighted by molar-refractivity contribution is 8.03. The monoisotopic (exact) mass is 438 g/mol. The molecule has 5 heteroatoms. The number of phenols is 1. The number of thioether (sulfide) groups is 2. The fraction of sp³-hybridized carbons (Fsp3) is 0.708. The third-order valence-electron chi connectivity index (χ3n) is 5.50. The predicted molar refractivity (Wildman–Crippen MR) is 127 cm³/mol. The molecule has 29 heavy (non-hydrogen) atoms. The van der Waals surface area contributed by atoms with Crippen LogP contribution in [0.2, 0.25) is 0 Å². The zero-order valence-corrected chi connectivity index (χ0v) is 20.5. The number of hydrogen-bond acceptors (Lipinski definition) is 4. The van der Waals surface area contributed by atoms with E-state index in [-0.39, 0.29) is 17.3 Å². The van der Waals surface area contributed by atoms with Gasteiger partial charge in [-0.1, -0.05) is 54.4 Å². The van der Waals surface area contributed by atoms with Gasteiger partial charge in [-0.15, -0.1) is 11.8 Å². The standard InChI is InChI=1S/C24H38O3S2/c1-23(2,3)17-14-16(15-18(22(17)27)24(4,5)6)29-20-11-8-7-10-19(20)28-13-9-12-21(25)26/h14-15,19-20,27H,7-13H2,1-6H3,(H,25,26)/t19-,20-/m0/s1. The van der Waals surface area contributed by atoms with Crippen molar-refractivity contribution in [2.75, 3.05) is 5.75 Å². The van der Waals surface area contributed by atoms with Gasteiger partial charge in [0.1, 0.15) is 5.75 Å². The van der Waals surface area contributed by atoms with Crippen LogP contribution < -0.4 is 0 Å². The Morgan fingerprint density at radius 3 is 2.00 bits per heavy atom. The van der Waals surface area contributed by atoms with E-state index in [0.29, 0.717) is 16.2 Å². The van der Waals surface area contributed by atoms with Crippen LogP contribution in [0.5, 0.6) is 5.75 Å². The van der Waals surface area contributed by atoms with Gasteiger partial charge in [-0.25, -0.2) is 0 Å². The van der Waals surface area contributed by atoms with Crippen molar-refractivity contribution in [3.8, 4) is 5.75 Å². The van der Waals surface area contributed by atoms with Crippen molar-refractivity contribution in [3.63, 3.8) is 0 Å². The van der Waals surface area contributed by atoms with E-state index in [9.17, 15) is 9.90 Å². The van der Waals surface area contributed by atoms with Crippen LogP contribution in [0, 0.1) is 0 Å². The summed E-state index contributed by atoms with van der Waals surface area (Å²) in [5, 5.41) is 21.0. The van der Waals surface area contributed by atoms with Crippen molar-refractivity contribution < 1.29 is 15.0 Å². The molecular formula is C24H38O3S2. The van der Waals surface area contributed by atoms with Gasteiger partial charge < -0.3 is 10.2 Å². The van der Waals surface area contributed by atoms with Crippen LogP contribution in [0.4, 0.5) is 0 Å². The number of carboxylic acid groups (broad SMARTS) is 1. The Labute approximate surface area is 185 Å². The van der Waals surface area contributed by atoms with E-state index in [2.05, 4.69) is 53.7 Å². The number of aliphatic carboxylic acids is 1. The van der Waals surface area contributed by atoms with Gasteiger partial charge in [0, 0.05) is 32.9 Å². The van der Waals surface area contributed by atoms with Gasteiger partial charge in [0.2, 0.25) is 0 Å². The van der Waals surface area contributed by atoms with Crippen molar-refractivity contribution in [3.05, 3.63) is 23.3 Å². The smallest absolute Gasteiger partial charge is 0.303 e. The van der Waals surface area contributed by atoms with Gasteiger partial charge in [0.15, 0.2) is 0 Å². The molecule has 2 N–H and O–H groups in total. The van der Waals surface area contributed by atoms with E-state index >= 15 is 0 Å². The molecule has 0 amide bonds. The summed E-state index contributed by atoms with van der Waals surface area (Å²) in [6.07, 6.45) is 5.96. The minimum atomic E-state index is -0.700. The zero-order chi connectivity index (χ0) is 21.8. The molecule has 0 unspecified atom stereocenters. The summed E-state index contributed by atoms with van der Waals surface area (Å²) >= 11 is 3.91. The minimum absolute atomic E-state index is 0.113. The molecule has 1 aliphatic rings. The lowest BCUT2D eigenvalue weighted by Gasteiger charge is -2.32. The molecule has 0 bridgehead atoms. The molecule has 1 aliphatic carbocycles. The van der Waals surface area contributed by atoms with Gasteiger partial charge in [-0.05, 0) is 48.0 Å². The molecule has 1 aromatic carbocycles. The topological polar surface area (TPSA) is 57.5 Å². The number of aromatic hydroxyl groups is 1. The fourth-order valence-corrected chi connectivity index (χ4v) is 6.83. The Hall–Kier alpha value is -0.810. The Morgan fingerprint density at radius 1 is 1.00 bits per heavy atom. The second-order valence-corrected chi connectivity index (χ2v) is 12.9. The Kier molecular flexibility index (Phi) is 8.43. The molecule has 0 saturated heterocycles. The number of carboxylic acids is 1. The molecule has 2 atom stereocenters. The van der Waals surface area contributed by atoms with Gasteiger partial charge in [-0.3, -0.25) is 4.79 Å². The Bertz CT molecular complexity index is 666. The highest BCUT2D eigenvalue weighted by Gasteiger charge is 2.30. The quantitative estimate of drug-likeness (QED) is 0.449. The fourth-order valence-electron chi connectivity index (χ4n) is 3.84. The van der Waals surface area contributed by atoms with Crippen LogP contribution in [-0.2, 0) is 15.6 Å². The number of hydrogen-bond donors (Lipinski definition) is 2. The SMILES string of the molecule is CC(C)(C)c1cc(S[C@H]2CCCC[C@@H]2SCCCC(=O)O)cc(C(C)(C)C)c1O. The molecule has 1 aromatic rings. The predicted octanol–water partition coefficient (Wildman–Crippen LogP) is 6.99. The molecule has 0 heterocycles. The summed E-state index contributed by atoms with van der Waals surface area (Å²) in [4.78, 5) is 12.0. The third kappa shape index (κ3) is 7.13. The highest BCUT2D eigenvalue weighted by atomic mass is 32.2. The summed E-state index contributed by atoms with van der Waals surface area (Å²) in [6.45, 7) is 12.9. The largest absolute Gasteiger partial charge is 0.507 e. The molecule has 2 rings (SSSR count). The van der Waals surface area contributed by atoms with E-state index in [1.807, 2.05) is 23.5 Å². The highest BCUT2D eigenvalue weighted by Crippen LogP contribution is 2.45. The summed E-state index contributed by atoms with van der Waals surface area (Å²) in [7, 11) is 0. The maximum atomic E-state index is 11.0. The van der Waals surface area contributed by atoms with Crippen LogP contribution in [0.15, 0.2) is 17.0 Å². The molecule has 0 aliphatic heterocycles. The van der Waals surface area contributed by atoms with Crippen LogP contribution in [0.1, 0.15) is 91.2 Å². The maximum absolute atomic E-state index is 11.0. The van der Waals surface area contributed by atoms with E-state index < -0.39 is 5.97 Å². The van der Waals surface area contributed by atoms with E-state index in [1.54, 1.807) is 0 Å². The lowest BCUT2D eigenvalue weighted by molar-refractivity contribution is -0.137. The van der Waals surface area contributed by atoms with Crippen molar-refractivity contribution in [2.45, 2.75) is 106 Å². The van der Waals surface area contributed by atoms with E-state index in [4.69, 9.17) is 5.11 Å². The minimum Gasteiger partial charge on any atom is -0.507 e. The lowest BCUT2D eigenvalue weighted by Crippen LogP contribution is -2.25. The second-order valence-electron chi connectivity index (χ2n) is 10.2. The Balaban J connectivity index is 2.22. The first-order chi connectivity index (χ1) is 13.4. The van der Waals surface area contributed by atoms with Crippen LogP contribution in [0.25, 0.3) is 0 Å². The van der Waals surface area contributed by atoms with Crippen molar-refractivity contribution >= 4 is 29.5 Å². The number of benzene rings is 1. The summed E-state index contributed by atoms with van der Waals surface area (Å²) < 4.78 is 0. The van der Waals surface area contributed by atoms with E-state index in [0.717, 1.165) is 23.3 Å². The third-order valence-corrected chi connectivity index (χ3v) is 8.56. The Morgan fingerprint density at radius 2 is 1.52 bits per heavy atom. The average Bonchev–Trinajstić information content (AvgIpc) is 2.59. The lowest BCUT2D eigenvalue weighted by atomic mass is 9.79. The average molecular weight is 439 g/mol. The number of carbonyl (C=O) groups is 1. The molecule has 1 saturated carbocycles. The molecule has 0 spiro atoms. The van der Waals surface area contributed by atoms with Gasteiger partial charge in [0.05, 0.1) is 0 Å². The molecule has 0 radical (unpaired) electrons. The summed E-state index contributed by atoms with van der Waals surface area (Å²) in [6, 6.07) is 4.38. The number of rotatable bonds is 7. The van der Waals surface area contributed by atoms with Crippen LogP contribution >= 0.6 is 23.5 Å². The van der Waals surface area contributed by atoms with Crippen molar-refractivity contribution in [1.82, 2.24) is 0 Å². The van der Waals surface area contributed by atoms with Gasteiger partial charge in [-0.2, -0.15) is 11.8 Å². The van der Waals surface area contributed by atoms with Gasteiger partial charge >= 0.3 is 5.97 Å². The molecule has 3 nitrogen and oxygen atoms in total. The summed E-state index contributed by atoms with van der Waals surface area (Å²) in [5.74, 6) is 0.663. The van der Waals surface area contributed by atoms with Crippen molar-refractivity contribution in [1.29, 1.82) is 0 Å². The molecule has 164 valence electrons. The summed E-state index contributed by atoms with van der Waals surface area (Å²) in [5.41, 5.74) is 1.82. The first-order valence-electron chi connectivity index (χ1n) is 10.8. The van der Waals surface area contributed by atoms with Crippen molar-refractivity contribution in [2.24, 2.45) is 0 Å². The second kappa shape index (κ2) is 10.00. The van der Waals surface area contributed by atoms with Gasteiger partial charge in [0.25, 0.3) is 0 Å². The number of phenolic OH excluding ortho intramolecular Hbond substituents is 1. The van der Waals surface area contributed by atoms with Crippen LogP contribution in [-0.4, -0.2) is 32.4 Å². The molecular weight excluding hydrogens is 400 g/mol. The van der Waals surface area contributed by atoms with E-state index in [1.165, 1.54) is 30.6 Å². The van der Waals surface area contributed by atoms with Crippen LogP contribution in [0.3, 0.4) is 0 Å². The maximum Gasteiger partial charge on any atom is 0.303 e. The first kappa shape index (κ1) is 24.5.